The number of carbonyl (C=O) groups is 1. The third-order valence-corrected chi connectivity index (χ3v) is 5.61. The lowest BCUT2D eigenvalue weighted by Gasteiger charge is -2.38. The van der Waals surface area contributed by atoms with Crippen molar-refractivity contribution in [1.82, 2.24) is 5.32 Å². The van der Waals surface area contributed by atoms with Gasteiger partial charge in [0, 0.05) is 12.5 Å². The lowest BCUT2D eigenvalue weighted by molar-refractivity contribution is 0.0954. The normalized spacial score (nSPS) is 23.1. The fraction of sp³-hybridized carbons (Fsp3) is 0.348. The molecule has 0 fully saturated rings. The Morgan fingerprint density at radius 3 is 2.77 bits per heavy atom. The summed E-state index contributed by atoms with van der Waals surface area (Å²) < 4.78 is 0. The Kier molecular flexibility index (Phi) is 4.54. The number of rotatable bonds is 4. The zero-order valence-electron chi connectivity index (χ0n) is 15.5. The number of allylic oxidation sites excluding steroid dienone is 2. The van der Waals surface area contributed by atoms with Crippen LogP contribution in [0.25, 0.3) is 0 Å². The standard InChI is InChI=1S/C23H26N2O/c1-3-14-24-23(26)20-9-5-8-19-17-6-4-7-18(17)21(25-22(19)20)16-12-10-15(2)11-13-16/h4-6,8-13,17-18,21,25H,3,7,14H2,1-2H3,(H,24,26). The number of aryl methyl sites for hydroxylation is 1. The van der Waals surface area contributed by atoms with Gasteiger partial charge in [0.2, 0.25) is 0 Å². The van der Waals surface area contributed by atoms with Gasteiger partial charge in [-0.1, -0.05) is 61.0 Å². The van der Waals surface area contributed by atoms with Gasteiger partial charge < -0.3 is 10.6 Å². The molecule has 0 saturated carbocycles. The molecular formula is C23H26N2O. The molecule has 0 spiro atoms. The van der Waals surface area contributed by atoms with Gasteiger partial charge in [0.05, 0.1) is 17.3 Å². The van der Waals surface area contributed by atoms with Crippen molar-refractivity contribution in [2.24, 2.45) is 5.92 Å². The van der Waals surface area contributed by atoms with Crippen LogP contribution in [0.15, 0.2) is 54.6 Å². The van der Waals surface area contributed by atoms with Gasteiger partial charge in [0.25, 0.3) is 5.91 Å². The van der Waals surface area contributed by atoms with E-state index in [1.807, 2.05) is 12.1 Å². The van der Waals surface area contributed by atoms with Crippen LogP contribution in [-0.2, 0) is 0 Å². The zero-order chi connectivity index (χ0) is 18.1. The topological polar surface area (TPSA) is 41.1 Å². The second-order valence-electron chi connectivity index (χ2n) is 7.41. The molecule has 3 nitrogen and oxygen atoms in total. The average molecular weight is 346 g/mol. The fourth-order valence-electron chi connectivity index (χ4n) is 4.25. The smallest absolute Gasteiger partial charge is 0.253 e. The van der Waals surface area contributed by atoms with Gasteiger partial charge in [0.15, 0.2) is 0 Å². The molecule has 1 amide bonds. The SMILES string of the molecule is CCCNC(=O)c1cccc2c1NC(c1ccc(C)cc1)C1CC=CC21. The van der Waals surface area contributed by atoms with E-state index < -0.39 is 0 Å². The van der Waals surface area contributed by atoms with Gasteiger partial charge in [-0.3, -0.25) is 4.79 Å². The second-order valence-corrected chi connectivity index (χ2v) is 7.41. The molecule has 4 rings (SSSR count). The summed E-state index contributed by atoms with van der Waals surface area (Å²) in [7, 11) is 0. The highest BCUT2D eigenvalue weighted by molar-refractivity contribution is 6.00. The summed E-state index contributed by atoms with van der Waals surface area (Å²) in [5.74, 6) is 0.884. The van der Waals surface area contributed by atoms with Crippen molar-refractivity contribution in [2.75, 3.05) is 11.9 Å². The van der Waals surface area contributed by atoms with E-state index in [1.54, 1.807) is 0 Å². The maximum atomic E-state index is 12.7. The first kappa shape index (κ1) is 16.9. The number of nitrogens with one attached hydrogen (secondary N) is 2. The van der Waals surface area contributed by atoms with E-state index >= 15 is 0 Å². The highest BCUT2D eigenvalue weighted by atomic mass is 16.1. The monoisotopic (exact) mass is 346 g/mol. The van der Waals surface area contributed by atoms with Crippen molar-refractivity contribution in [2.45, 2.75) is 38.6 Å². The summed E-state index contributed by atoms with van der Waals surface area (Å²) in [6.45, 7) is 4.89. The molecule has 0 radical (unpaired) electrons. The van der Waals surface area contributed by atoms with Crippen LogP contribution in [-0.4, -0.2) is 12.5 Å². The van der Waals surface area contributed by atoms with Crippen LogP contribution >= 0.6 is 0 Å². The van der Waals surface area contributed by atoms with Gasteiger partial charge in [-0.05, 0) is 42.9 Å². The fourth-order valence-corrected chi connectivity index (χ4v) is 4.25. The molecule has 2 aliphatic rings. The number of para-hydroxylation sites is 1. The Balaban J connectivity index is 1.74. The lowest BCUT2D eigenvalue weighted by Crippen LogP contribution is -2.32. The number of fused-ring (bicyclic) bond motifs is 3. The Bertz CT molecular complexity index is 838. The molecule has 2 aromatic carbocycles. The first-order chi connectivity index (χ1) is 12.7. The predicted octanol–water partition coefficient (Wildman–Crippen LogP) is 4.96. The first-order valence-corrected chi connectivity index (χ1v) is 9.60. The summed E-state index contributed by atoms with van der Waals surface area (Å²) in [5.41, 5.74) is 5.57. The van der Waals surface area contributed by atoms with Gasteiger partial charge in [-0.2, -0.15) is 0 Å². The summed E-state index contributed by atoms with van der Waals surface area (Å²) in [5, 5.41) is 6.75. The molecule has 0 aromatic heterocycles. The Labute approximate surface area is 155 Å². The van der Waals surface area contributed by atoms with Gasteiger partial charge >= 0.3 is 0 Å². The van der Waals surface area contributed by atoms with E-state index in [4.69, 9.17) is 0 Å². The van der Waals surface area contributed by atoms with Crippen LogP contribution in [0.5, 0.6) is 0 Å². The summed E-state index contributed by atoms with van der Waals surface area (Å²) in [4.78, 5) is 12.7. The van der Waals surface area contributed by atoms with Crippen molar-refractivity contribution in [3.63, 3.8) is 0 Å². The number of anilines is 1. The molecule has 134 valence electrons. The molecule has 0 saturated heterocycles. The van der Waals surface area contributed by atoms with Gasteiger partial charge in [-0.15, -0.1) is 0 Å². The lowest BCUT2D eigenvalue weighted by atomic mass is 9.76. The third kappa shape index (κ3) is 2.92. The molecule has 3 heteroatoms. The molecule has 1 aliphatic carbocycles. The van der Waals surface area contributed by atoms with E-state index in [9.17, 15) is 4.79 Å². The van der Waals surface area contributed by atoms with Crippen LogP contribution < -0.4 is 10.6 Å². The molecule has 0 bridgehead atoms. The summed E-state index contributed by atoms with van der Waals surface area (Å²) in [6, 6.07) is 15.1. The van der Waals surface area contributed by atoms with E-state index in [-0.39, 0.29) is 11.9 Å². The molecule has 3 atom stereocenters. The molecule has 2 aromatic rings. The van der Waals surface area contributed by atoms with Gasteiger partial charge in [0.1, 0.15) is 0 Å². The molecule has 26 heavy (non-hydrogen) atoms. The minimum Gasteiger partial charge on any atom is -0.377 e. The van der Waals surface area contributed by atoms with E-state index in [0.29, 0.717) is 18.4 Å². The van der Waals surface area contributed by atoms with Gasteiger partial charge in [-0.25, -0.2) is 0 Å². The zero-order valence-corrected chi connectivity index (χ0v) is 15.5. The molecule has 3 unspecified atom stereocenters. The average Bonchev–Trinajstić information content (AvgIpc) is 3.16. The minimum absolute atomic E-state index is 0.0132. The maximum Gasteiger partial charge on any atom is 0.253 e. The molecule has 1 aliphatic heterocycles. The highest BCUT2D eigenvalue weighted by Crippen LogP contribution is 2.50. The van der Waals surface area contributed by atoms with Crippen molar-refractivity contribution in [3.05, 3.63) is 76.9 Å². The van der Waals surface area contributed by atoms with Crippen LogP contribution in [0.1, 0.15) is 58.8 Å². The second kappa shape index (κ2) is 6.99. The largest absolute Gasteiger partial charge is 0.377 e. The van der Waals surface area contributed by atoms with Crippen LogP contribution in [0.2, 0.25) is 0 Å². The number of hydrogen-bond acceptors (Lipinski definition) is 2. The van der Waals surface area contributed by atoms with E-state index in [2.05, 4.69) is 67.0 Å². The number of hydrogen-bond donors (Lipinski definition) is 2. The predicted molar refractivity (Wildman–Crippen MR) is 107 cm³/mol. The first-order valence-electron chi connectivity index (χ1n) is 9.60. The van der Waals surface area contributed by atoms with Crippen LogP contribution in [0.4, 0.5) is 5.69 Å². The van der Waals surface area contributed by atoms with Crippen molar-refractivity contribution in [3.8, 4) is 0 Å². The van der Waals surface area contributed by atoms with Crippen LogP contribution in [0, 0.1) is 12.8 Å². The van der Waals surface area contributed by atoms with E-state index in [1.165, 1.54) is 16.7 Å². The summed E-state index contributed by atoms with van der Waals surface area (Å²) >= 11 is 0. The molecule has 2 N–H and O–H groups in total. The quantitative estimate of drug-likeness (QED) is 0.768. The van der Waals surface area contributed by atoms with Crippen molar-refractivity contribution in [1.29, 1.82) is 0 Å². The Morgan fingerprint density at radius 2 is 2.00 bits per heavy atom. The minimum atomic E-state index is 0.0132. The Morgan fingerprint density at radius 1 is 1.19 bits per heavy atom. The Hall–Kier alpha value is -2.55. The maximum absolute atomic E-state index is 12.7. The van der Waals surface area contributed by atoms with Crippen molar-refractivity contribution >= 4 is 11.6 Å². The number of carbonyl (C=O) groups excluding carboxylic acids is 1. The molecule has 1 heterocycles. The van der Waals surface area contributed by atoms with E-state index in [0.717, 1.165) is 24.1 Å². The third-order valence-electron chi connectivity index (χ3n) is 5.61. The number of amides is 1. The summed E-state index contributed by atoms with van der Waals surface area (Å²) in [6.07, 6.45) is 6.62. The van der Waals surface area contributed by atoms with Crippen LogP contribution in [0.3, 0.4) is 0 Å². The van der Waals surface area contributed by atoms with Crippen molar-refractivity contribution < 1.29 is 4.79 Å². The molecular weight excluding hydrogens is 320 g/mol. The number of benzene rings is 2. The highest BCUT2D eigenvalue weighted by Gasteiger charge is 2.39.